The minimum Gasteiger partial charge on any atom is -0.326 e. The summed E-state index contributed by atoms with van der Waals surface area (Å²) in [6.45, 7) is 6.43. The van der Waals surface area contributed by atoms with Crippen LogP contribution in [0.3, 0.4) is 0 Å². The number of benzene rings is 2. The van der Waals surface area contributed by atoms with Crippen molar-refractivity contribution in [2.75, 3.05) is 16.8 Å². The second kappa shape index (κ2) is 6.48. The molecule has 4 heteroatoms. The fraction of sp³-hybridized carbons (Fsp3) is 0.300. The number of anilines is 2. The third-order valence-electron chi connectivity index (χ3n) is 4.67. The van der Waals surface area contributed by atoms with E-state index in [2.05, 4.69) is 5.32 Å². The zero-order valence-corrected chi connectivity index (χ0v) is 14.3. The Balaban J connectivity index is 1.73. The Hall–Kier alpha value is -2.62. The van der Waals surface area contributed by atoms with Crippen LogP contribution in [0.2, 0.25) is 0 Å². The van der Waals surface area contributed by atoms with E-state index < -0.39 is 0 Å². The summed E-state index contributed by atoms with van der Waals surface area (Å²) in [5.41, 5.74) is 4.98. The van der Waals surface area contributed by atoms with Gasteiger partial charge in [-0.05, 0) is 55.7 Å². The molecule has 1 atom stereocenters. The topological polar surface area (TPSA) is 49.4 Å². The number of rotatable bonds is 3. The van der Waals surface area contributed by atoms with Gasteiger partial charge in [-0.2, -0.15) is 0 Å². The van der Waals surface area contributed by atoms with Crippen molar-refractivity contribution >= 4 is 23.2 Å². The first-order valence-electron chi connectivity index (χ1n) is 8.20. The molecule has 2 aromatic rings. The van der Waals surface area contributed by atoms with Crippen molar-refractivity contribution in [3.8, 4) is 0 Å². The van der Waals surface area contributed by atoms with E-state index in [0.29, 0.717) is 6.54 Å². The van der Waals surface area contributed by atoms with E-state index >= 15 is 0 Å². The van der Waals surface area contributed by atoms with Crippen molar-refractivity contribution in [3.63, 3.8) is 0 Å². The summed E-state index contributed by atoms with van der Waals surface area (Å²) in [7, 11) is 0. The summed E-state index contributed by atoms with van der Waals surface area (Å²) >= 11 is 0. The number of hydrogen-bond donors (Lipinski definition) is 1. The second-order valence-corrected chi connectivity index (χ2v) is 6.48. The molecule has 2 aromatic carbocycles. The highest BCUT2D eigenvalue weighted by Gasteiger charge is 2.35. The molecule has 24 heavy (non-hydrogen) atoms. The molecule has 0 unspecified atom stereocenters. The van der Waals surface area contributed by atoms with Crippen LogP contribution in [0.5, 0.6) is 0 Å². The highest BCUT2D eigenvalue weighted by molar-refractivity contribution is 6.03. The summed E-state index contributed by atoms with van der Waals surface area (Å²) in [6.07, 6.45) is 0.255. The van der Waals surface area contributed by atoms with E-state index in [1.807, 2.05) is 63.2 Å². The maximum Gasteiger partial charge on any atom is 0.229 e. The monoisotopic (exact) mass is 322 g/mol. The van der Waals surface area contributed by atoms with Gasteiger partial charge in [-0.3, -0.25) is 9.59 Å². The third-order valence-corrected chi connectivity index (χ3v) is 4.67. The van der Waals surface area contributed by atoms with Crippen LogP contribution in [-0.2, 0) is 9.59 Å². The molecule has 3 rings (SSSR count). The maximum atomic E-state index is 12.6. The summed E-state index contributed by atoms with van der Waals surface area (Å²) in [5, 5.41) is 2.98. The molecule has 1 N–H and O–H groups in total. The Morgan fingerprint density at radius 3 is 2.62 bits per heavy atom. The predicted molar refractivity (Wildman–Crippen MR) is 96.2 cm³/mol. The smallest absolute Gasteiger partial charge is 0.229 e. The summed E-state index contributed by atoms with van der Waals surface area (Å²) in [6, 6.07) is 13.7. The fourth-order valence-corrected chi connectivity index (χ4v) is 3.05. The molecule has 1 fully saturated rings. The minimum atomic E-state index is -0.321. The van der Waals surface area contributed by atoms with Crippen LogP contribution in [0, 0.1) is 26.7 Å². The summed E-state index contributed by atoms with van der Waals surface area (Å²) in [5.74, 6) is -0.410. The average Bonchev–Trinajstić information content (AvgIpc) is 2.94. The van der Waals surface area contributed by atoms with Crippen LogP contribution in [-0.4, -0.2) is 18.4 Å². The van der Waals surface area contributed by atoms with E-state index in [0.717, 1.165) is 28.1 Å². The zero-order valence-electron chi connectivity index (χ0n) is 14.3. The van der Waals surface area contributed by atoms with Crippen LogP contribution >= 0.6 is 0 Å². The Morgan fingerprint density at radius 2 is 1.88 bits per heavy atom. The molecule has 0 spiro atoms. The summed E-state index contributed by atoms with van der Waals surface area (Å²) in [4.78, 5) is 26.6. The molecule has 0 aromatic heterocycles. The van der Waals surface area contributed by atoms with Crippen molar-refractivity contribution in [1.82, 2.24) is 0 Å². The third kappa shape index (κ3) is 3.18. The second-order valence-electron chi connectivity index (χ2n) is 6.48. The molecule has 1 saturated heterocycles. The van der Waals surface area contributed by atoms with Gasteiger partial charge in [-0.25, -0.2) is 0 Å². The van der Waals surface area contributed by atoms with E-state index in [-0.39, 0.29) is 24.2 Å². The van der Waals surface area contributed by atoms with Crippen LogP contribution in [0.4, 0.5) is 11.4 Å². The van der Waals surface area contributed by atoms with Gasteiger partial charge in [-0.15, -0.1) is 0 Å². The fourth-order valence-electron chi connectivity index (χ4n) is 3.05. The molecule has 124 valence electrons. The number of aryl methyl sites for hydroxylation is 2. The van der Waals surface area contributed by atoms with Gasteiger partial charge in [0, 0.05) is 24.3 Å². The molecule has 4 nitrogen and oxygen atoms in total. The number of carbonyl (C=O) groups excluding carboxylic acids is 2. The predicted octanol–water partition coefficient (Wildman–Crippen LogP) is 3.60. The zero-order chi connectivity index (χ0) is 17.3. The first-order valence-corrected chi connectivity index (χ1v) is 8.20. The van der Waals surface area contributed by atoms with Gasteiger partial charge in [0.1, 0.15) is 0 Å². The van der Waals surface area contributed by atoms with E-state index in [1.165, 1.54) is 0 Å². The lowest BCUT2D eigenvalue weighted by Crippen LogP contribution is -2.28. The standard InChI is InChI=1S/C20H22N2O2/c1-13-6-4-8-17(10-13)22-12-16(11-19(22)23)20(24)21-18-9-5-7-14(2)15(18)3/h4-10,16H,11-12H2,1-3H3,(H,21,24)/t16-/m0/s1. The molecule has 0 aliphatic carbocycles. The molecular formula is C20H22N2O2. The Bertz CT molecular complexity index is 798. The lowest BCUT2D eigenvalue weighted by Gasteiger charge is -2.17. The van der Waals surface area contributed by atoms with Gasteiger partial charge in [0.15, 0.2) is 0 Å². The van der Waals surface area contributed by atoms with Crippen molar-refractivity contribution in [1.29, 1.82) is 0 Å². The molecule has 1 aliphatic heterocycles. The molecule has 1 aliphatic rings. The molecule has 2 amide bonds. The minimum absolute atomic E-state index is 0.00159. The normalized spacial score (nSPS) is 17.2. The largest absolute Gasteiger partial charge is 0.326 e. The summed E-state index contributed by atoms with van der Waals surface area (Å²) < 4.78 is 0. The van der Waals surface area contributed by atoms with E-state index in [1.54, 1.807) is 4.90 Å². The van der Waals surface area contributed by atoms with Crippen LogP contribution in [0.25, 0.3) is 0 Å². The molecule has 0 saturated carbocycles. The lowest BCUT2D eigenvalue weighted by atomic mass is 10.1. The average molecular weight is 322 g/mol. The van der Waals surface area contributed by atoms with Crippen molar-refractivity contribution in [3.05, 3.63) is 59.2 Å². The molecular weight excluding hydrogens is 300 g/mol. The van der Waals surface area contributed by atoms with Gasteiger partial charge < -0.3 is 10.2 Å². The van der Waals surface area contributed by atoms with Gasteiger partial charge in [0.05, 0.1) is 5.92 Å². The number of hydrogen-bond acceptors (Lipinski definition) is 2. The van der Waals surface area contributed by atoms with E-state index in [9.17, 15) is 9.59 Å². The van der Waals surface area contributed by atoms with Crippen molar-refractivity contribution in [2.24, 2.45) is 5.92 Å². The molecule has 0 bridgehead atoms. The van der Waals surface area contributed by atoms with Crippen LogP contribution < -0.4 is 10.2 Å². The first kappa shape index (κ1) is 16.2. The van der Waals surface area contributed by atoms with Crippen LogP contribution in [0.1, 0.15) is 23.1 Å². The van der Waals surface area contributed by atoms with Gasteiger partial charge in [0.25, 0.3) is 0 Å². The lowest BCUT2D eigenvalue weighted by molar-refractivity contribution is -0.122. The number of nitrogens with zero attached hydrogens (tertiary/aromatic N) is 1. The number of nitrogens with one attached hydrogen (secondary N) is 1. The number of amides is 2. The Morgan fingerprint density at radius 1 is 1.12 bits per heavy atom. The van der Waals surface area contributed by atoms with Crippen molar-refractivity contribution in [2.45, 2.75) is 27.2 Å². The number of carbonyl (C=O) groups is 2. The molecule has 1 heterocycles. The van der Waals surface area contributed by atoms with Gasteiger partial charge in [0.2, 0.25) is 11.8 Å². The maximum absolute atomic E-state index is 12.6. The van der Waals surface area contributed by atoms with Crippen molar-refractivity contribution < 1.29 is 9.59 Å². The highest BCUT2D eigenvalue weighted by Crippen LogP contribution is 2.27. The molecule has 0 radical (unpaired) electrons. The van der Waals surface area contributed by atoms with E-state index in [4.69, 9.17) is 0 Å². The Kier molecular flexibility index (Phi) is 4.38. The quantitative estimate of drug-likeness (QED) is 0.938. The SMILES string of the molecule is Cc1cccc(N2C[C@@H](C(=O)Nc3cccc(C)c3C)CC2=O)c1. The highest BCUT2D eigenvalue weighted by atomic mass is 16.2. The first-order chi connectivity index (χ1) is 11.5. The Labute approximate surface area is 142 Å². The van der Waals surface area contributed by atoms with Gasteiger partial charge >= 0.3 is 0 Å². The van der Waals surface area contributed by atoms with Gasteiger partial charge in [-0.1, -0.05) is 24.3 Å². The van der Waals surface area contributed by atoms with Crippen LogP contribution in [0.15, 0.2) is 42.5 Å².